The number of rotatable bonds is 9. The molecule has 0 saturated carbocycles. The zero-order chi connectivity index (χ0) is 28.0. The van der Waals surface area contributed by atoms with E-state index in [0.29, 0.717) is 21.4 Å². The number of hydrogen-bond acceptors (Lipinski definition) is 5. The van der Waals surface area contributed by atoms with E-state index in [1.165, 1.54) is 28.6 Å². The first-order valence-electron chi connectivity index (χ1n) is 11.8. The highest BCUT2D eigenvalue weighted by Gasteiger charge is 2.26. The van der Waals surface area contributed by atoms with E-state index < -0.39 is 28.5 Å². The van der Waals surface area contributed by atoms with Crippen LogP contribution in [0.5, 0.6) is 0 Å². The summed E-state index contributed by atoms with van der Waals surface area (Å²) in [5, 5.41) is 3.65. The molecule has 0 aliphatic carbocycles. The van der Waals surface area contributed by atoms with Crippen molar-refractivity contribution in [2.75, 3.05) is 16.2 Å². The summed E-state index contributed by atoms with van der Waals surface area (Å²) in [7, 11) is -4.11. The van der Waals surface area contributed by atoms with E-state index in [4.69, 9.17) is 27.9 Å². The van der Waals surface area contributed by atoms with Crippen molar-refractivity contribution < 1.29 is 22.7 Å². The van der Waals surface area contributed by atoms with Crippen LogP contribution in [-0.4, -0.2) is 26.9 Å². The highest BCUT2D eigenvalue weighted by Crippen LogP contribution is 2.28. The summed E-state index contributed by atoms with van der Waals surface area (Å²) in [4.78, 5) is 24.9. The lowest BCUT2D eigenvalue weighted by Gasteiger charge is -2.25. The molecule has 0 aliphatic heterocycles. The van der Waals surface area contributed by atoms with Crippen molar-refractivity contribution in [1.29, 1.82) is 0 Å². The molecular formula is C29H24Cl2N2O5S. The second-order valence-electron chi connectivity index (χ2n) is 8.59. The van der Waals surface area contributed by atoms with Gasteiger partial charge >= 0.3 is 5.97 Å². The first-order valence-corrected chi connectivity index (χ1v) is 14.0. The fraction of sp³-hybridized carbons (Fsp3) is 0.103. The Morgan fingerprint density at radius 3 is 2.23 bits per heavy atom. The Labute approximate surface area is 237 Å². The van der Waals surface area contributed by atoms with Gasteiger partial charge in [0.2, 0.25) is 0 Å². The molecule has 7 nitrogen and oxygen atoms in total. The monoisotopic (exact) mass is 582 g/mol. The van der Waals surface area contributed by atoms with E-state index in [1.807, 2.05) is 30.3 Å². The van der Waals surface area contributed by atoms with Crippen molar-refractivity contribution in [1.82, 2.24) is 0 Å². The molecule has 0 spiro atoms. The van der Waals surface area contributed by atoms with Crippen LogP contribution in [-0.2, 0) is 26.1 Å². The summed E-state index contributed by atoms with van der Waals surface area (Å²) in [6.45, 7) is 1.29. The normalized spacial score (nSPS) is 11.1. The van der Waals surface area contributed by atoms with Gasteiger partial charge in [0.05, 0.1) is 22.7 Å². The number of hydrogen-bond donors (Lipinski definition) is 1. The summed E-state index contributed by atoms with van der Waals surface area (Å²) in [5.41, 5.74) is 2.45. The summed E-state index contributed by atoms with van der Waals surface area (Å²) in [6.07, 6.45) is 0. The molecule has 1 N–H and O–H groups in total. The van der Waals surface area contributed by atoms with Crippen LogP contribution in [0.3, 0.4) is 0 Å². The molecule has 0 atom stereocenters. The first kappa shape index (κ1) is 28.2. The number of benzene rings is 4. The minimum Gasteiger partial charge on any atom is -0.452 e. The third-order valence-electron chi connectivity index (χ3n) is 5.74. The largest absolute Gasteiger partial charge is 0.452 e. The van der Waals surface area contributed by atoms with E-state index in [0.717, 1.165) is 11.1 Å². The summed E-state index contributed by atoms with van der Waals surface area (Å²) < 4.78 is 34.0. The quantitative estimate of drug-likeness (QED) is 0.227. The predicted molar refractivity (Wildman–Crippen MR) is 153 cm³/mol. The maximum atomic E-state index is 13.8. The number of halogens is 2. The molecule has 4 aromatic carbocycles. The third-order valence-corrected chi connectivity index (χ3v) is 8.00. The molecule has 4 rings (SSSR count). The molecule has 4 aromatic rings. The summed E-state index contributed by atoms with van der Waals surface area (Å²) >= 11 is 12.0. The van der Waals surface area contributed by atoms with Gasteiger partial charge in [-0.15, -0.1) is 0 Å². The molecule has 0 bridgehead atoms. The van der Waals surface area contributed by atoms with Gasteiger partial charge in [-0.05, 0) is 78.7 Å². The molecule has 0 aliphatic rings. The molecule has 39 heavy (non-hydrogen) atoms. The van der Waals surface area contributed by atoms with Gasteiger partial charge in [0.1, 0.15) is 0 Å². The number of ether oxygens (including phenoxy) is 1. The van der Waals surface area contributed by atoms with Crippen LogP contribution in [0, 0.1) is 6.92 Å². The molecule has 0 fully saturated rings. The van der Waals surface area contributed by atoms with E-state index in [2.05, 4.69) is 5.32 Å². The fourth-order valence-corrected chi connectivity index (χ4v) is 5.60. The SMILES string of the molecule is Cc1cc(Cl)ccc1NC(=O)COC(=O)c1cccc(S(=O)(=O)N(Cc2ccccc2)c2ccc(Cl)cc2)c1. The second-order valence-corrected chi connectivity index (χ2v) is 11.3. The maximum absolute atomic E-state index is 13.8. The maximum Gasteiger partial charge on any atom is 0.338 e. The molecule has 200 valence electrons. The Kier molecular flexibility index (Phi) is 8.91. The molecule has 0 unspecified atom stereocenters. The Hall–Kier alpha value is -3.85. The smallest absolute Gasteiger partial charge is 0.338 e. The van der Waals surface area contributed by atoms with Crippen LogP contribution < -0.4 is 9.62 Å². The number of sulfonamides is 1. The minimum absolute atomic E-state index is 0.0117. The zero-order valence-corrected chi connectivity index (χ0v) is 23.1. The van der Waals surface area contributed by atoms with Gasteiger partial charge in [-0.3, -0.25) is 9.10 Å². The number of carbonyl (C=O) groups is 2. The van der Waals surface area contributed by atoms with Crippen molar-refractivity contribution in [3.63, 3.8) is 0 Å². The number of esters is 1. The molecule has 0 heterocycles. The lowest BCUT2D eigenvalue weighted by molar-refractivity contribution is -0.119. The zero-order valence-electron chi connectivity index (χ0n) is 20.8. The van der Waals surface area contributed by atoms with E-state index in [1.54, 1.807) is 49.4 Å². The van der Waals surface area contributed by atoms with Gasteiger partial charge in [-0.1, -0.05) is 59.6 Å². The van der Waals surface area contributed by atoms with Crippen molar-refractivity contribution in [3.05, 3.63) is 124 Å². The van der Waals surface area contributed by atoms with Crippen molar-refractivity contribution in [2.24, 2.45) is 0 Å². The molecule has 1 amide bonds. The van der Waals surface area contributed by atoms with Crippen LogP contribution in [0.25, 0.3) is 0 Å². The Morgan fingerprint density at radius 1 is 0.846 bits per heavy atom. The number of carbonyl (C=O) groups excluding carboxylic acids is 2. The summed E-state index contributed by atoms with van der Waals surface area (Å²) in [5.74, 6) is -1.38. The highest BCUT2D eigenvalue weighted by atomic mass is 35.5. The van der Waals surface area contributed by atoms with Crippen molar-refractivity contribution in [2.45, 2.75) is 18.4 Å². The Morgan fingerprint density at radius 2 is 1.54 bits per heavy atom. The van der Waals surface area contributed by atoms with Crippen molar-refractivity contribution >= 4 is 56.5 Å². The molecule has 0 saturated heterocycles. The fourth-order valence-electron chi connectivity index (χ4n) is 3.75. The van der Waals surface area contributed by atoms with Crippen molar-refractivity contribution in [3.8, 4) is 0 Å². The average Bonchev–Trinajstić information content (AvgIpc) is 2.93. The molecule has 0 aromatic heterocycles. The van der Waals surface area contributed by atoms with Crippen LogP contribution in [0.15, 0.2) is 102 Å². The Bertz CT molecular complexity index is 1590. The lowest BCUT2D eigenvalue weighted by atomic mass is 10.2. The highest BCUT2D eigenvalue weighted by molar-refractivity contribution is 7.92. The standard InChI is InChI=1S/C29H24Cl2N2O5S/c1-20-16-24(31)12-15-27(20)32-28(34)19-38-29(35)22-8-5-9-26(17-22)39(36,37)33(18-21-6-3-2-4-7-21)25-13-10-23(30)11-14-25/h2-17H,18-19H2,1H3,(H,32,34). The van der Waals surface area contributed by atoms with Gasteiger partial charge in [0.15, 0.2) is 6.61 Å². The number of anilines is 2. The molecule has 0 radical (unpaired) electrons. The second kappa shape index (κ2) is 12.3. The van der Waals surface area contributed by atoms with Gasteiger partial charge in [-0.25, -0.2) is 13.2 Å². The number of nitrogens with zero attached hydrogens (tertiary/aromatic N) is 1. The number of nitrogens with one attached hydrogen (secondary N) is 1. The topological polar surface area (TPSA) is 92.8 Å². The third kappa shape index (κ3) is 7.17. The molecular weight excluding hydrogens is 559 g/mol. The number of amides is 1. The van der Waals surface area contributed by atoms with E-state index in [-0.39, 0.29) is 17.0 Å². The van der Waals surface area contributed by atoms with Gasteiger partial charge in [0.25, 0.3) is 15.9 Å². The van der Waals surface area contributed by atoms with Gasteiger partial charge < -0.3 is 10.1 Å². The Balaban J connectivity index is 1.53. The van der Waals surface area contributed by atoms with E-state index >= 15 is 0 Å². The van der Waals surface area contributed by atoms with Crippen LogP contribution in [0.1, 0.15) is 21.5 Å². The van der Waals surface area contributed by atoms with Crippen LogP contribution in [0.2, 0.25) is 10.0 Å². The van der Waals surface area contributed by atoms with Gasteiger partial charge in [-0.2, -0.15) is 0 Å². The first-order chi connectivity index (χ1) is 18.6. The van der Waals surface area contributed by atoms with Crippen LogP contribution >= 0.6 is 23.2 Å². The predicted octanol–water partition coefficient (Wildman–Crippen LogP) is 6.49. The summed E-state index contributed by atoms with van der Waals surface area (Å²) in [6, 6.07) is 26.0. The van der Waals surface area contributed by atoms with E-state index in [9.17, 15) is 18.0 Å². The van der Waals surface area contributed by atoms with Crippen LogP contribution in [0.4, 0.5) is 11.4 Å². The molecule has 10 heteroatoms. The lowest BCUT2D eigenvalue weighted by Crippen LogP contribution is -2.30. The average molecular weight is 583 g/mol. The number of aryl methyl sites for hydroxylation is 1. The van der Waals surface area contributed by atoms with Gasteiger partial charge in [0, 0.05) is 15.7 Å². The minimum atomic E-state index is -4.11.